The summed E-state index contributed by atoms with van der Waals surface area (Å²) in [6.45, 7) is 0.364. The number of ether oxygens (including phenoxy) is 2. The molecule has 0 unspecified atom stereocenters. The van der Waals surface area contributed by atoms with Crippen LogP contribution in [0.2, 0.25) is 5.02 Å². The smallest absolute Gasteiger partial charge is 0.227 e. The Kier molecular flexibility index (Phi) is 5.26. The third-order valence-corrected chi connectivity index (χ3v) is 3.67. The highest BCUT2D eigenvalue weighted by atomic mass is 35.5. The lowest BCUT2D eigenvalue weighted by Gasteiger charge is -2.09. The predicted octanol–water partition coefficient (Wildman–Crippen LogP) is 4.03. The molecular formula is C19H16ClNO4. The Morgan fingerprint density at radius 2 is 1.72 bits per heavy atom. The minimum atomic E-state index is -0.273. The van der Waals surface area contributed by atoms with Crippen LogP contribution in [-0.2, 0) is 13.2 Å². The van der Waals surface area contributed by atoms with Crippen molar-refractivity contribution in [1.82, 2.24) is 0 Å². The van der Waals surface area contributed by atoms with Gasteiger partial charge in [0.05, 0.1) is 5.69 Å². The zero-order chi connectivity index (χ0) is 17.6. The van der Waals surface area contributed by atoms with Crippen LogP contribution in [-0.4, -0.2) is 0 Å². The molecule has 0 spiro atoms. The third-order valence-electron chi connectivity index (χ3n) is 3.43. The van der Waals surface area contributed by atoms with Crippen LogP contribution in [0.25, 0.3) is 0 Å². The standard InChI is InChI=1S/C19H16ClNO4/c20-14-6-7-18(16(21)8-14)25-11-15-9-17(22)19(12-23-15)24-10-13-4-2-1-3-5-13/h1-9,12H,10-11,21H2. The molecule has 25 heavy (non-hydrogen) atoms. The van der Waals surface area contributed by atoms with Crippen molar-refractivity contribution in [1.29, 1.82) is 0 Å². The van der Waals surface area contributed by atoms with Crippen LogP contribution in [0, 0.1) is 0 Å². The number of halogens is 1. The van der Waals surface area contributed by atoms with E-state index in [1.165, 1.54) is 12.3 Å². The molecule has 0 radical (unpaired) electrons. The summed E-state index contributed by atoms with van der Waals surface area (Å²) in [6.07, 6.45) is 1.29. The normalized spacial score (nSPS) is 10.4. The lowest BCUT2D eigenvalue weighted by atomic mass is 10.2. The molecule has 1 heterocycles. The van der Waals surface area contributed by atoms with Gasteiger partial charge in [0.25, 0.3) is 0 Å². The highest BCUT2D eigenvalue weighted by Gasteiger charge is 2.07. The van der Waals surface area contributed by atoms with Crippen LogP contribution in [0.15, 0.2) is 70.1 Å². The number of benzene rings is 2. The topological polar surface area (TPSA) is 74.7 Å². The first-order valence-corrected chi connectivity index (χ1v) is 7.96. The fourth-order valence-corrected chi connectivity index (χ4v) is 2.33. The number of rotatable bonds is 6. The highest BCUT2D eigenvalue weighted by Crippen LogP contribution is 2.25. The van der Waals surface area contributed by atoms with Gasteiger partial charge in [-0.3, -0.25) is 4.79 Å². The molecule has 0 saturated carbocycles. The van der Waals surface area contributed by atoms with Gasteiger partial charge in [-0.05, 0) is 23.8 Å². The third kappa shape index (κ3) is 4.55. The summed E-state index contributed by atoms with van der Waals surface area (Å²) in [4.78, 5) is 12.1. The zero-order valence-corrected chi connectivity index (χ0v) is 14.0. The first-order chi connectivity index (χ1) is 12.1. The van der Waals surface area contributed by atoms with Gasteiger partial charge in [-0.15, -0.1) is 0 Å². The van der Waals surface area contributed by atoms with Crippen LogP contribution in [0.1, 0.15) is 11.3 Å². The molecule has 6 heteroatoms. The van der Waals surface area contributed by atoms with E-state index in [1.807, 2.05) is 30.3 Å². The maximum Gasteiger partial charge on any atom is 0.227 e. The van der Waals surface area contributed by atoms with Crippen LogP contribution in [0.3, 0.4) is 0 Å². The van der Waals surface area contributed by atoms with E-state index in [1.54, 1.807) is 18.2 Å². The van der Waals surface area contributed by atoms with Crippen molar-refractivity contribution in [3.8, 4) is 11.5 Å². The van der Waals surface area contributed by atoms with Crippen LogP contribution in [0.4, 0.5) is 5.69 Å². The van der Waals surface area contributed by atoms with Crippen molar-refractivity contribution in [2.24, 2.45) is 0 Å². The van der Waals surface area contributed by atoms with Gasteiger partial charge < -0.3 is 19.6 Å². The summed E-state index contributed by atoms with van der Waals surface area (Å²) in [5, 5.41) is 0.524. The Hall–Kier alpha value is -2.92. The van der Waals surface area contributed by atoms with Gasteiger partial charge in [-0.25, -0.2) is 0 Å². The van der Waals surface area contributed by atoms with Gasteiger partial charge in [0.1, 0.15) is 31.0 Å². The summed E-state index contributed by atoms with van der Waals surface area (Å²) >= 11 is 5.84. The predicted molar refractivity (Wildman–Crippen MR) is 95.9 cm³/mol. The molecule has 5 nitrogen and oxygen atoms in total. The Balaban J connectivity index is 1.62. The van der Waals surface area contributed by atoms with Crippen molar-refractivity contribution >= 4 is 17.3 Å². The summed E-state index contributed by atoms with van der Waals surface area (Å²) in [5.74, 6) is 0.987. The number of anilines is 1. The Labute approximate surface area is 149 Å². The van der Waals surface area contributed by atoms with Gasteiger partial charge >= 0.3 is 0 Å². The van der Waals surface area contributed by atoms with Crippen molar-refractivity contribution in [2.45, 2.75) is 13.2 Å². The second-order valence-corrected chi connectivity index (χ2v) is 5.76. The molecule has 128 valence electrons. The monoisotopic (exact) mass is 357 g/mol. The maximum atomic E-state index is 12.1. The van der Waals surface area contributed by atoms with Gasteiger partial charge in [0, 0.05) is 11.1 Å². The highest BCUT2D eigenvalue weighted by molar-refractivity contribution is 6.30. The molecule has 0 aliphatic carbocycles. The van der Waals surface area contributed by atoms with E-state index < -0.39 is 0 Å². The van der Waals surface area contributed by atoms with Gasteiger partial charge in [-0.2, -0.15) is 0 Å². The molecule has 0 saturated heterocycles. The fourth-order valence-electron chi connectivity index (χ4n) is 2.15. The van der Waals surface area contributed by atoms with E-state index in [4.69, 9.17) is 31.2 Å². The second-order valence-electron chi connectivity index (χ2n) is 5.32. The molecule has 0 aliphatic heterocycles. The fraction of sp³-hybridized carbons (Fsp3) is 0.105. The number of nitrogen functional groups attached to an aromatic ring is 1. The molecule has 1 aromatic heterocycles. The molecule has 2 N–H and O–H groups in total. The van der Waals surface area contributed by atoms with Crippen molar-refractivity contribution in [3.63, 3.8) is 0 Å². The number of hydrogen-bond acceptors (Lipinski definition) is 5. The number of nitrogens with two attached hydrogens (primary N) is 1. The molecule has 0 amide bonds. The Bertz CT molecular complexity index is 909. The van der Waals surface area contributed by atoms with Gasteiger partial charge in [0.2, 0.25) is 11.2 Å². The van der Waals surface area contributed by atoms with E-state index in [-0.39, 0.29) is 17.8 Å². The molecule has 2 aromatic carbocycles. The quantitative estimate of drug-likeness (QED) is 0.674. The first kappa shape index (κ1) is 16.9. The van der Waals surface area contributed by atoms with E-state index in [0.29, 0.717) is 28.8 Å². The molecule has 3 aromatic rings. The number of hydrogen-bond donors (Lipinski definition) is 1. The lowest BCUT2D eigenvalue weighted by molar-refractivity contribution is 0.255. The SMILES string of the molecule is Nc1cc(Cl)ccc1OCc1cc(=O)c(OCc2ccccc2)co1. The van der Waals surface area contributed by atoms with E-state index >= 15 is 0 Å². The summed E-state index contributed by atoms with van der Waals surface area (Å²) < 4.78 is 16.4. The molecule has 0 aliphatic rings. The largest absolute Gasteiger partial charge is 0.483 e. The van der Waals surface area contributed by atoms with Crippen LogP contribution >= 0.6 is 11.6 Å². The molecule has 3 rings (SSSR count). The molecular weight excluding hydrogens is 342 g/mol. The van der Waals surface area contributed by atoms with Crippen LogP contribution < -0.4 is 20.6 Å². The summed E-state index contributed by atoms with van der Waals surface area (Å²) in [5.41, 5.74) is 6.92. The van der Waals surface area contributed by atoms with E-state index in [2.05, 4.69) is 0 Å². The Morgan fingerprint density at radius 1 is 0.960 bits per heavy atom. The van der Waals surface area contributed by atoms with Crippen LogP contribution in [0.5, 0.6) is 11.5 Å². The van der Waals surface area contributed by atoms with Gasteiger partial charge in [-0.1, -0.05) is 41.9 Å². The summed E-state index contributed by atoms with van der Waals surface area (Å²) in [7, 11) is 0. The molecule has 0 atom stereocenters. The van der Waals surface area contributed by atoms with E-state index in [0.717, 1.165) is 5.56 Å². The Morgan fingerprint density at radius 3 is 2.44 bits per heavy atom. The second kappa shape index (κ2) is 7.77. The zero-order valence-electron chi connectivity index (χ0n) is 13.3. The molecule has 0 fully saturated rings. The maximum absolute atomic E-state index is 12.1. The van der Waals surface area contributed by atoms with Gasteiger partial charge in [0.15, 0.2) is 0 Å². The minimum absolute atomic E-state index is 0.0695. The summed E-state index contributed by atoms with van der Waals surface area (Å²) in [6, 6.07) is 15.8. The average Bonchev–Trinajstić information content (AvgIpc) is 2.61. The lowest BCUT2D eigenvalue weighted by Crippen LogP contribution is -2.09. The van der Waals surface area contributed by atoms with E-state index in [9.17, 15) is 4.79 Å². The van der Waals surface area contributed by atoms with Crippen molar-refractivity contribution in [2.75, 3.05) is 5.73 Å². The average molecular weight is 358 g/mol. The minimum Gasteiger partial charge on any atom is -0.483 e. The molecule has 0 bridgehead atoms. The van der Waals surface area contributed by atoms with Crippen molar-refractivity contribution in [3.05, 3.63) is 87.4 Å². The van der Waals surface area contributed by atoms with Crippen molar-refractivity contribution < 1.29 is 13.9 Å². The first-order valence-electron chi connectivity index (χ1n) is 7.58.